The van der Waals surface area contributed by atoms with Crippen molar-refractivity contribution in [1.29, 1.82) is 0 Å². The van der Waals surface area contributed by atoms with Crippen LogP contribution in [0.2, 0.25) is 0 Å². The highest BCUT2D eigenvalue weighted by molar-refractivity contribution is 5.20. The maximum Gasteiger partial charge on any atom is 0.130 e. The highest BCUT2D eigenvalue weighted by Crippen LogP contribution is 2.31. The first-order valence-corrected chi connectivity index (χ1v) is 7.81. The fraction of sp³-hybridized carbons (Fsp3) is 0.471. The molecule has 22 heavy (non-hydrogen) atoms. The van der Waals surface area contributed by atoms with Gasteiger partial charge in [-0.05, 0) is 37.6 Å². The van der Waals surface area contributed by atoms with Crippen LogP contribution in [0.5, 0.6) is 0 Å². The van der Waals surface area contributed by atoms with Crippen LogP contribution >= 0.6 is 0 Å². The minimum absolute atomic E-state index is 0.128. The summed E-state index contributed by atoms with van der Waals surface area (Å²) >= 11 is 0. The minimum atomic E-state index is -0.469. The zero-order valence-electron chi connectivity index (χ0n) is 12.8. The van der Waals surface area contributed by atoms with Crippen molar-refractivity contribution in [2.24, 2.45) is 7.05 Å². The van der Waals surface area contributed by atoms with Gasteiger partial charge in [0.05, 0.1) is 11.7 Å². The van der Waals surface area contributed by atoms with Crippen molar-refractivity contribution in [3.63, 3.8) is 0 Å². The van der Waals surface area contributed by atoms with Gasteiger partial charge in [0, 0.05) is 25.4 Å². The molecule has 1 unspecified atom stereocenters. The summed E-state index contributed by atoms with van der Waals surface area (Å²) in [6.07, 6.45) is 6.23. The molecule has 0 bridgehead atoms. The molecule has 5 heteroatoms. The Balaban J connectivity index is 1.87. The first kappa shape index (κ1) is 15.2. The molecule has 1 atom stereocenters. The molecule has 0 aliphatic carbocycles. The quantitative estimate of drug-likeness (QED) is 0.859. The second kappa shape index (κ2) is 6.57. The first-order chi connectivity index (χ1) is 10.6. The fourth-order valence-corrected chi connectivity index (χ4v) is 3.19. The predicted molar refractivity (Wildman–Crippen MR) is 81.2 cm³/mol. The largest absolute Gasteiger partial charge is 0.290 e. The Morgan fingerprint density at radius 3 is 2.59 bits per heavy atom. The van der Waals surface area contributed by atoms with Crippen LogP contribution in [-0.4, -0.2) is 21.2 Å². The van der Waals surface area contributed by atoms with E-state index in [2.05, 4.69) is 10.00 Å². The minimum Gasteiger partial charge on any atom is -0.290 e. The van der Waals surface area contributed by atoms with Crippen molar-refractivity contribution < 1.29 is 8.78 Å². The van der Waals surface area contributed by atoms with E-state index in [0.29, 0.717) is 6.54 Å². The number of hydrogen-bond acceptors (Lipinski definition) is 2. The molecular formula is C17H21F2N3. The summed E-state index contributed by atoms with van der Waals surface area (Å²) in [4.78, 5) is 2.16. The molecule has 1 fully saturated rings. The molecule has 1 saturated heterocycles. The smallest absolute Gasteiger partial charge is 0.130 e. The number of likely N-dealkylation sites (tertiary alicyclic amines) is 1. The molecule has 1 aliphatic heterocycles. The van der Waals surface area contributed by atoms with Crippen LogP contribution in [-0.2, 0) is 13.6 Å². The molecule has 2 aromatic rings. The second-order valence-corrected chi connectivity index (χ2v) is 5.95. The topological polar surface area (TPSA) is 21.1 Å². The summed E-state index contributed by atoms with van der Waals surface area (Å²) in [7, 11) is 1.89. The normalized spacial score (nSPS) is 20.0. The SMILES string of the molecule is Cn1ccc(C2CCCCCN2Cc2c(F)cccc2F)n1. The zero-order chi connectivity index (χ0) is 15.5. The Bertz CT molecular complexity index is 618. The molecule has 3 rings (SSSR count). The van der Waals surface area contributed by atoms with Crippen molar-refractivity contribution in [3.8, 4) is 0 Å². The number of nitrogens with zero attached hydrogens (tertiary/aromatic N) is 3. The van der Waals surface area contributed by atoms with Gasteiger partial charge in [-0.15, -0.1) is 0 Å². The number of aryl methyl sites for hydroxylation is 1. The van der Waals surface area contributed by atoms with Crippen LogP contribution < -0.4 is 0 Å². The van der Waals surface area contributed by atoms with Gasteiger partial charge in [0.15, 0.2) is 0 Å². The molecule has 1 aromatic heterocycles. The van der Waals surface area contributed by atoms with Crippen LogP contribution in [0.25, 0.3) is 0 Å². The van der Waals surface area contributed by atoms with Gasteiger partial charge >= 0.3 is 0 Å². The summed E-state index contributed by atoms with van der Waals surface area (Å²) in [5.74, 6) is -0.937. The van der Waals surface area contributed by atoms with E-state index in [-0.39, 0.29) is 11.6 Å². The third kappa shape index (κ3) is 3.19. The number of aromatic nitrogens is 2. The van der Waals surface area contributed by atoms with Crippen molar-refractivity contribution in [2.45, 2.75) is 38.3 Å². The lowest BCUT2D eigenvalue weighted by Gasteiger charge is -2.29. The van der Waals surface area contributed by atoms with Crippen LogP contribution in [0.1, 0.15) is 43.0 Å². The standard InChI is InChI=1S/C17H21F2N3/c1-21-11-9-16(20-21)17-8-3-2-4-10-22(17)12-13-14(18)6-5-7-15(13)19/h5-7,9,11,17H,2-4,8,10,12H2,1H3. The lowest BCUT2D eigenvalue weighted by molar-refractivity contribution is 0.183. The Labute approximate surface area is 129 Å². The van der Waals surface area contributed by atoms with E-state index in [1.807, 2.05) is 19.3 Å². The average molecular weight is 305 g/mol. The Hall–Kier alpha value is -1.75. The van der Waals surface area contributed by atoms with Crippen LogP contribution in [0.3, 0.4) is 0 Å². The van der Waals surface area contributed by atoms with E-state index in [1.165, 1.54) is 18.2 Å². The molecule has 3 nitrogen and oxygen atoms in total. The van der Waals surface area contributed by atoms with Gasteiger partial charge in [0.1, 0.15) is 11.6 Å². The van der Waals surface area contributed by atoms with E-state index in [0.717, 1.165) is 37.9 Å². The number of rotatable bonds is 3. The number of hydrogen-bond donors (Lipinski definition) is 0. The highest BCUT2D eigenvalue weighted by Gasteiger charge is 2.26. The lowest BCUT2D eigenvalue weighted by Crippen LogP contribution is -2.29. The molecule has 0 radical (unpaired) electrons. The summed E-state index contributed by atoms with van der Waals surface area (Å²) in [5.41, 5.74) is 1.14. The van der Waals surface area contributed by atoms with Gasteiger partial charge in [-0.1, -0.05) is 18.9 Å². The van der Waals surface area contributed by atoms with Crippen LogP contribution in [0.15, 0.2) is 30.5 Å². The third-order valence-electron chi connectivity index (χ3n) is 4.36. The van der Waals surface area contributed by atoms with Gasteiger partial charge in [-0.3, -0.25) is 9.58 Å². The molecule has 0 amide bonds. The van der Waals surface area contributed by atoms with Gasteiger partial charge in [-0.25, -0.2) is 8.78 Å². The van der Waals surface area contributed by atoms with E-state index in [1.54, 1.807) is 4.68 Å². The number of benzene rings is 1. The maximum absolute atomic E-state index is 14.0. The third-order valence-corrected chi connectivity index (χ3v) is 4.36. The molecule has 0 spiro atoms. The molecule has 0 saturated carbocycles. The van der Waals surface area contributed by atoms with Crippen LogP contribution in [0, 0.1) is 11.6 Å². The summed E-state index contributed by atoms with van der Waals surface area (Å²) in [6, 6.07) is 6.19. The first-order valence-electron chi connectivity index (χ1n) is 7.81. The highest BCUT2D eigenvalue weighted by atomic mass is 19.1. The summed E-state index contributed by atoms with van der Waals surface area (Å²) < 4.78 is 29.7. The predicted octanol–water partition coefficient (Wildman–Crippen LogP) is 3.82. The summed E-state index contributed by atoms with van der Waals surface area (Å²) in [6.45, 7) is 1.13. The van der Waals surface area contributed by atoms with Crippen molar-refractivity contribution in [3.05, 3.63) is 53.4 Å². The Kier molecular flexibility index (Phi) is 4.52. The van der Waals surface area contributed by atoms with Gasteiger partial charge in [0.2, 0.25) is 0 Å². The monoisotopic (exact) mass is 305 g/mol. The van der Waals surface area contributed by atoms with Gasteiger partial charge < -0.3 is 0 Å². The Morgan fingerprint density at radius 1 is 1.14 bits per heavy atom. The van der Waals surface area contributed by atoms with Crippen molar-refractivity contribution >= 4 is 0 Å². The molecule has 0 N–H and O–H groups in total. The van der Waals surface area contributed by atoms with E-state index in [9.17, 15) is 8.78 Å². The molecule has 1 aromatic carbocycles. The molecule has 1 aliphatic rings. The van der Waals surface area contributed by atoms with Gasteiger partial charge in [-0.2, -0.15) is 5.10 Å². The Morgan fingerprint density at radius 2 is 1.91 bits per heavy atom. The van der Waals surface area contributed by atoms with E-state index >= 15 is 0 Å². The molecular weight excluding hydrogens is 284 g/mol. The lowest BCUT2D eigenvalue weighted by atomic mass is 10.1. The number of halogens is 2. The maximum atomic E-state index is 14.0. The van der Waals surface area contributed by atoms with Crippen LogP contribution in [0.4, 0.5) is 8.78 Å². The summed E-state index contributed by atoms with van der Waals surface area (Å²) in [5, 5.41) is 4.50. The zero-order valence-corrected chi connectivity index (χ0v) is 12.8. The molecule has 118 valence electrons. The van der Waals surface area contributed by atoms with E-state index in [4.69, 9.17) is 0 Å². The van der Waals surface area contributed by atoms with Crippen molar-refractivity contribution in [2.75, 3.05) is 6.54 Å². The average Bonchev–Trinajstić information content (AvgIpc) is 2.79. The van der Waals surface area contributed by atoms with Gasteiger partial charge in [0.25, 0.3) is 0 Å². The second-order valence-electron chi connectivity index (χ2n) is 5.95. The fourth-order valence-electron chi connectivity index (χ4n) is 3.19. The van der Waals surface area contributed by atoms with E-state index < -0.39 is 11.6 Å². The molecule has 2 heterocycles. The van der Waals surface area contributed by atoms with Crippen molar-refractivity contribution in [1.82, 2.24) is 14.7 Å².